The largest absolute Gasteiger partial charge is 0.381 e. The Morgan fingerprint density at radius 3 is 2.70 bits per heavy atom. The summed E-state index contributed by atoms with van der Waals surface area (Å²) in [5.74, 6) is 0. The average Bonchev–Trinajstić information content (AvgIpc) is 2.72. The second-order valence-corrected chi connectivity index (χ2v) is 7.65. The van der Waals surface area contributed by atoms with Crippen molar-refractivity contribution in [1.29, 1.82) is 0 Å². The Morgan fingerprint density at radius 1 is 1.04 bits per heavy atom. The number of fused-ring (bicyclic) bond motifs is 1. The van der Waals surface area contributed by atoms with Gasteiger partial charge in [-0.1, -0.05) is 24.3 Å². The number of hydrogen-bond acceptors (Lipinski definition) is 4. The molecule has 1 aromatic carbocycles. The molecule has 4 nitrogen and oxygen atoms in total. The van der Waals surface area contributed by atoms with E-state index in [0.717, 1.165) is 32.5 Å². The molecule has 1 atom stereocenters. The van der Waals surface area contributed by atoms with Gasteiger partial charge >= 0.3 is 0 Å². The van der Waals surface area contributed by atoms with E-state index in [0.29, 0.717) is 6.04 Å². The Kier molecular flexibility index (Phi) is 8.12. The van der Waals surface area contributed by atoms with Crippen molar-refractivity contribution < 1.29 is 0 Å². The van der Waals surface area contributed by atoms with E-state index in [2.05, 4.69) is 45.5 Å². The number of aryl methyl sites for hydroxylation is 2. The van der Waals surface area contributed by atoms with Crippen molar-refractivity contribution in [3.05, 3.63) is 59.9 Å². The highest BCUT2D eigenvalue weighted by molar-refractivity contribution is 5.53. The monoisotopic (exact) mass is 366 g/mol. The van der Waals surface area contributed by atoms with Gasteiger partial charge in [0.05, 0.1) is 0 Å². The first kappa shape index (κ1) is 19.8. The zero-order valence-corrected chi connectivity index (χ0v) is 16.4. The number of aromatic nitrogens is 1. The minimum atomic E-state index is 0.552. The predicted octanol–water partition coefficient (Wildman–Crippen LogP) is 3.87. The van der Waals surface area contributed by atoms with Crippen LogP contribution in [0.25, 0.3) is 0 Å². The minimum Gasteiger partial charge on any atom is -0.381 e. The summed E-state index contributed by atoms with van der Waals surface area (Å²) in [6.07, 6.45) is 12.1. The summed E-state index contributed by atoms with van der Waals surface area (Å²) >= 11 is 0. The predicted molar refractivity (Wildman–Crippen MR) is 114 cm³/mol. The van der Waals surface area contributed by atoms with Crippen LogP contribution >= 0.6 is 0 Å². The Balaban J connectivity index is 1.46. The third kappa shape index (κ3) is 6.64. The van der Waals surface area contributed by atoms with Crippen LogP contribution < -0.4 is 11.1 Å². The van der Waals surface area contributed by atoms with Crippen molar-refractivity contribution in [2.45, 2.75) is 51.0 Å². The van der Waals surface area contributed by atoms with Crippen LogP contribution in [0.5, 0.6) is 0 Å². The van der Waals surface area contributed by atoms with E-state index in [4.69, 9.17) is 5.73 Å². The van der Waals surface area contributed by atoms with Crippen LogP contribution in [-0.4, -0.2) is 42.1 Å². The van der Waals surface area contributed by atoms with Crippen LogP contribution in [0.2, 0.25) is 0 Å². The molecule has 0 aliphatic carbocycles. The van der Waals surface area contributed by atoms with Gasteiger partial charge in [-0.2, -0.15) is 0 Å². The van der Waals surface area contributed by atoms with Crippen LogP contribution in [0.3, 0.4) is 0 Å². The van der Waals surface area contributed by atoms with Gasteiger partial charge in [0.25, 0.3) is 0 Å². The van der Waals surface area contributed by atoms with Gasteiger partial charge in [-0.3, -0.25) is 4.98 Å². The number of unbranched alkanes of at least 4 members (excludes halogenated alkanes) is 2. The molecule has 3 N–H and O–H groups in total. The van der Waals surface area contributed by atoms with Crippen molar-refractivity contribution in [3.8, 4) is 0 Å². The molecule has 1 aliphatic heterocycles. The molecule has 1 aromatic heterocycles. The minimum absolute atomic E-state index is 0.552. The molecule has 1 aliphatic rings. The maximum Gasteiger partial charge on any atom is 0.0391 e. The number of nitrogens with zero attached hydrogens (tertiary/aromatic N) is 2. The number of pyridine rings is 1. The molecule has 0 bridgehead atoms. The van der Waals surface area contributed by atoms with Gasteiger partial charge in [0.15, 0.2) is 0 Å². The summed E-state index contributed by atoms with van der Waals surface area (Å²) in [6.45, 7) is 4.25. The Morgan fingerprint density at radius 2 is 1.89 bits per heavy atom. The van der Waals surface area contributed by atoms with E-state index in [-0.39, 0.29) is 0 Å². The molecule has 0 saturated heterocycles. The van der Waals surface area contributed by atoms with E-state index in [1.165, 1.54) is 55.5 Å². The number of rotatable bonds is 11. The van der Waals surface area contributed by atoms with Gasteiger partial charge in [0.1, 0.15) is 0 Å². The fourth-order valence-corrected chi connectivity index (χ4v) is 3.93. The highest BCUT2D eigenvalue weighted by Gasteiger charge is 2.19. The second kappa shape index (κ2) is 11.1. The van der Waals surface area contributed by atoms with Crippen molar-refractivity contribution in [2.24, 2.45) is 5.73 Å². The lowest BCUT2D eigenvalue weighted by Crippen LogP contribution is -2.40. The zero-order valence-electron chi connectivity index (χ0n) is 16.4. The molecular formula is C23H34N4. The maximum absolute atomic E-state index is 5.70. The van der Waals surface area contributed by atoms with E-state index in [1.807, 2.05) is 18.5 Å². The third-order valence-corrected chi connectivity index (χ3v) is 5.46. The molecule has 0 fully saturated rings. The standard InChI is InChI=1S/C23H34N4/c24-14-4-6-17-27(16-5-3-8-20-9-7-15-25-18-20)19-22-13-12-21-10-1-2-11-23(21)26-22/h1-2,7,9-11,15,18,22,26H,3-6,8,12-14,16-17,19,24H2. The Labute approximate surface area is 164 Å². The number of hydrogen-bond donors (Lipinski definition) is 2. The number of benzene rings is 1. The number of nitrogens with two attached hydrogens (primary N) is 1. The lowest BCUT2D eigenvalue weighted by atomic mass is 9.97. The van der Waals surface area contributed by atoms with Crippen molar-refractivity contribution in [3.63, 3.8) is 0 Å². The summed E-state index contributed by atoms with van der Waals surface area (Å²) in [5.41, 5.74) is 9.83. The molecule has 146 valence electrons. The first-order valence-corrected chi connectivity index (χ1v) is 10.5. The van der Waals surface area contributed by atoms with Crippen LogP contribution in [-0.2, 0) is 12.8 Å². The topological polar surface area (TPSA) is 54.2 Å². The highest BCUT2D eigenvalue weighted by atomic mass is 15.1. The summed E-state index contributed by atoms with van der Waals surface area (Å²) in [7, 11) is 0. The lowest BCUT2D eigenvalue weighted by molar-refractivity contribution is 0.248. The molecule has 0 amide bonds. The summed E-state index contributed by atoms with van der Waals surface area (Å²) in [4.78, 5) is 6.86. The van der Waals surface area contributed by atoms with Crippen molar-refractivity contribution in [1.82, 2.24) is 9.88 Å². The normalized spacial score (nSPS) is 16.1. The fourth-order valence-electron chi connectivity index (χ4n) is 3.93. The van der Waals surface area contributed by atoms with Gasteiger partial charge in [-0.05, 0) is 87.8 Å². The smallest absolute Gasteiger partial charge is 0.0391 e. The maximum atomic E-state index is 5.70. The van der Waals surface area contributed by atoms with Gasteiger partial charge in [-0.15, -0.1) is 0 Å². The molecule has 3 rings (SSSR count). The molecule has 0 spiro atoms. The molecule has 27 heavy (non-hydrogen) atoms. The molecule has 0 radical (unpaired) electrons. The number of para-hydroxylation sites is 1. The van der Waals surface area contributed by atoms with Crippen LogP contribution in [0.1, 0.15) is 43.2 Å². The summed E-state index contributed by atoms with van der Waals surface area (Å²) in [6, 6.07) is 13.5. The van der Waals surface area contributed by atoms with Crippen molar-refractivity contribution >= 4 is 5.69 Å². The van der Waals surface area contributed by atoms with E-state index in [9.17, 15) is 0 Å². The Bertz CT molecular complexity index is 658. The van der Waals surface area contributed by atoms with Gasteiger partial charge in [-0.25, -0.2) is 0 Å². The molecule has 2 aromatic rings. The lowest BCUT2D eigenvalue weighted by Gasteiger charge is -2.32. The van der Waals surface area contributed by atoms with E-state index in [1.54, 1.807) is 0 Å². The van der Waals surface area contributed by atoms with Crippen LogP contribution in [0.4, 0.5) is 5.69 Å². The first-order chi connectivity index (χ1) is 13.3. The first-order valence-electron chi connectivity index (χ1n) is 10.5. The van der Waals surface area contributed by atoms with Gasteiger partial charge in [0, 0.05) is 30.7 Å². The SMILES string of the molecule is NCCCCN(CCCCc1cccnc1)CC1CCc2ccccc2N1. The fraction of sp³-hybridized carbons (Fsp3) is 0.522. The highest BCUT2D eigenvalue weighted by Crippen LogP contribution is 2.24. The summed E-state index contributed by atoms with van der Waals surface area (Å²) < 4.78 is 0. The zero-order chi connectivity index (χ0) is 18.7. The van der Waals surface area contributed by atoms with E-state index >= 15 is 0 Å². The second-order valence-electron chi connectivity index (χ2n) is 7.65. The van der Waals surface area contributed by atoms with E-state index < -0.39 is 0 Å². The van der Waals surface area contributed by atoms with Gasteiger partial charge in [0.2, 0.25) is 0 Å². The van der Waals surface area contributed by atoms with Crippen LogP contribution in [0.15, 0.2) is 48.8 Å². The number of anilines is 1. The molecule has 2 heterocycles. The summed E-state index contributed by atoms with van der Waals surface area (Å²) in [5, 5.41) is 3.76. The molecule has 4 heteroatoms. The van der Waals surface area contributed by atoms with Crippen LogP contribution in [0, 0.1) is 0 Å². The molecule has 1 unspecified atom stereocenters. The third-order valence-electron chi connectivity index (χ3n) is 5.46. The average molecular weight is 367 g/mol. The number of nitrogens with one attached hydrogen (secondary N) is 1. The molecular weight excluding hydrogens is 332 g/mol. The van der Waals surface area contributed by atoms with Crippen molar-refractivity contribution in [2.75, 3.05) is 31.5 Å². The quantitative estimate of drug-likeness (QED) is 0.593. The Hall–Kier alpha value is -1.91. The van der Waals surface area contributed by atoms with Gasteiger partial charge < -0.3 is 16.0 Å². The molecule has 0 saturated carbocycles.